The highest BCUT2D eigenvalue weighted by Crippen LogP contribution is 2.21. The van der Waals surface area contributed by atoms with Crippen molar-refractivity contribution >= 4 is 23.4 Å². The number of likely N-dealkylation sites (tertiary alicyclic amines) is 1. The van der Waals surface area contributed by atoms with Crippen molar-refractivity contribution in [3.05, 3.63) is 76.3 Å². The lowest BCUT2D eigenvalue weighted by Crippen LogP contribution is -2.43. The van der Waals surface area contributed by atoms with Crippen LogP contribution in [0.2, 0.25) is 5.02 Å². The Kier molecular flexibility index (Phi) is 6.50. The second kappa shape index (κ2) is 9.48. The van der Waals surface area contributed by atoms with Crippen molar-refractivity contribution in [1.29, 1.82) is 0 Å². The summed E-state index contributed by atoms with van der Waals surface area (Å²) in [4.78, 5) is 27.0. The topological polar surface area (TPSA) is 80.1 Å². The first-order chi connectivity index (χ1) is 15.4. The Labute approximate surface area is 190 Å². The molecule has 1 N–H and O–H groups in total. The summed E-state index contributed by atoms with van der Waals surface area (Å²) >= 11 is 6.18. The van der Waals surface area contributed by atoms with Crippen molar-refractivity contribution < 1.29 is 14.0 Å². The van der Waals surface area contributed by atoms with Crippen LogP contribution in [0.25, 0.3) is 5.69 Å². The molecule has 32 heavy (non-hydrogen) atoms. The van der Waals surface area contributed by atoms with Gasteiger partial charge in [-0.3, -0.25) is 9.59 Å². The van der Waals surface area contributed by atoms with E-state index in [1.54, 1.807) is 42.3 Å². The van der Waals surface area contributed by atoms with Crippen LogP contribution < -0.4 is 5.32 Å². The molecule has 3 aromatic rings. The Morgan fingerprint density at radius 1 is 1.19 bits per heavy atom. The number of hydrogen-bond acceptors (Lipinski definition) is 4. The van der Waals surface area contributed by atoms with Gasteiger partial charge >= 0.3 is 0 Å². The lowest BCUT2D eigenvalue weighted by molar-refractivity contribution is -0.126. The summed E-state index contributed by atoms with van der Waals surface area (Å²) in [6, 6.07) is 12.1. The molecule has 4 rings (SSSR count). The Bertz CT molecular complexity index is 1140. The Balaban J connectivity index is 1.30. The molecule has 0 saturated carbocycles. The number of carbonyl (C=O) groups is 2. The Hall–Kier alpha value is -3.26. The van der Waals surface area contributed by atoms with E-state index in [9.17, 15) is 14.0 Å². The fourth-order valence-electron chi connectivity index (χ4n) is 3.70. The van der Waals surface area contributed by atoms with Gasteiger partial charge in [0, 0.05) is 25.6 Å². The molecule has 1 saturated heterocycles. The number of hydrogen-bond donors (Lipinski definition) is 1. The van der Waals surface area contributed by atoms with Crippen LogP contribution in [0.3, 0.4) is 0 Å². The first-order valence-corrected chi connectivity index (χ1v) is 10.8. The van der Waals surface area contributed by atoms with Gasteiger partial charge in [0.15, 0.2) is 5.69 Å². The summed E-state index contributed by atoms with van der Waals surface area (Å²) in [6.45, 7) is 2.88. The van der Waals surface area contributed by atoms with Crippen molar-refractivity contribution in [2.24, 2.45) is 5.92 Å². The molecule has 0 radical (unpaired) electrons. The highest BCUT2D eigenvalue weighted by molar-refractivity contribution is 6.32. The second-order valence-electron chi connectivity index (χ2n) is 7.87. The third-order valence-electron chi connectivity index (χ3n) is 5.67. The summed E-state index contributed by atoms with van der Waals surface area (Å²) < 4.78 is 15.1. The predicted octanol–water partition coefficient (Wildman–Crippen LogP) is 3.54. The van der Waals surface area contributed by atoms with Crippen LogP contribution in [0.15, 0.2) is 48.7 Å². The molecular weight excluding hydrogens is 433 g/mol. The van der Waals surface area contributed by atoms with Crippen molar-refractivity contribution in [3.8, 4) is 5.69 Å². The first-order valence-electron chi connectivity index (χ1n) is 10.4. The van der Waals surface area contributed by atoms with Crippen LogP contribution in [-0.4, -0.2) is 44.8 Å². The summed E-state index contributed by atoms with van der Waals surface area (Å²) in [5.41, 5.74) is 2.17. The summed E-state index contributed by atoms with van der Waals surface area (Å²) in [7, 11) is 0. The Morgan fingerprint density at radius 3 is 2.66 bits per heavy atom. The number of amides is 2. The molecule has 2 aromatic carbocycles. The maximum Gasteiger partial charge on any atom is 0.276 e. The number of para-hydroxylation sites is 1. The van der Waals surface area contributed by atoms with Gasteiger partial charge in [0.25, 0.3) is 5.91 Å². The minimum absolute atomic E-state index is 0.0808. The zero-order valence-corrected chi connectivity index (χ0v) is 18.3. The van der Waals surface area contributed by atoms with Gasteiger partial charge in [-0.25, -0.2) is 9.07 Å². The minimum Gasteiger partial charge on any atom is -0.352 e. The first kappa shape index (κ1) is 22.0. The van der Waals surface area contributed by atoms with Gasteiger partial charge in [-0.05, 0) is 49.1 Å². The number of piperidine rings is 1. The molecule has 1 aromatic heterocycles. The van der Waals surface area contributed by atoms with Gasteiger partial charge in [0.2, 0.25) is 5.91 Å². The number of carbonyl (C=O) groups excluding carboxylic acids is 2. The molecule has 9 heteroatoms. The van der Waals surface area contributed by atoms with Crippen LogP contribution >= 0.6 is 11.6 Å². The summed E-state index contributed by atoms with van der Waals surface area (Å²) in [6.07, 6.45) is 2.67. The van der Waals surface area contributed by atoms with E-state index in [0.29, 0.717) is 42.2 Å². The van der Waals surface area contributed by atoms with Gasteiger partial charge in [0.05, 0.1) is 16.9 Å². The number of halogens is 2. The smallest absolute Gasteiger partial charge is 0.276 e. The van der Waals surface area contributed by atoms with Crippen LogP contribution in [0.5, 0.6) is 0 Å². The number of nitrogens with one attached hydrogen (secondary N) is 1. The normalized spacial score (nSPS) is 14.4. The quantitative estimate of drug-likeness (QED) is 0.638. The van der Waals surface area contributed by atoms with E-state index in [1.807, 2.05) is 12.1 Å². The molecule has 7 nitrogen and oxygen atoms in total. The van der Waals surface area contributed by atoms with E-state index in [4.69, 9.17) is 11.6 Å². The third kappa shape index (κ3) is 4.80. The van der Waals surface area contributed by atoms with Crippen LogP contribution in [0, 0.1) is 18.7 Å². The standard InChI is InChI=1S/C23H23ClFN5O2/c1-15-6-7-16(12-19(15)25)13-26-22(31)17-8-10-29(11-9-17)23(32)20-14-30(28-27-20)21-5-3-2-4-18(21)24/h2-7,12,14,17H,8-11,13H2,1H3,(H,26,31). The summed E-state index contributed by atoms with van der Waals surface area (Å²) in [5.74, 6) is -0.775. The second-order valence-corrected chi connectivity index (χ2v) is 8.27. The van der Waals surface area contributed by atoms with E-state index in [0.717, 1.165) is 5.56 Å². The Morgan fingerprint density at radius 2 is 1.94 bits per heavy atom. The number of nitrogens with zero attached hydrogens (tertiary/aromatic N) is 4. The fraction of sp³-hybridized carbons (Fsp3) is 0.304. The molecule has 2 amide bonds. The number of aromatic nitrogens is 3. The average molecular weight is 456 g/mol. The zero-order valence-electron chi connectivity index (χ0n) is 17.6. The molecule has 166 valence electrons. The lowest BCUT2D eigenvalue weighted by Gasteiger charge is -2.30. The molecule has 0 atom stereocenters. The molecule has 0 aliphatic carbocycles. The van der Waals surface area contributed by atoms with Crippen LogP contribution in [-0.2, 0) is 11.3 Å². The third-order valence-corrected chi connectivity index (χ3v) is 5.99. The molecule has 0 bridgehead atoms. The molecule has 0 spiro atoms. The van der Waals surface area contributed by atoms with Crippen molar-refractivity contribution in [3.63, 3.8) is 0 Å². The maximum atomic E-state index is 13.7. The van der Waals surface area contributed by atoms with Crippen LogP contribution in [0.4, 0.5) is 4.39 Å². The van der Waals surface area contributed by atoms with Crippen LogP contribution in [0.1, 0.15) is 34.5 Å². The van der Waals surface area contributed by atoms with Gasteiger partial charge in [-0.2, -0.15) is 0 Å². The van der Waals surface area contributed by atoms with Crippen molar-refractivity contribution in [1.82, 2.24) is 25.2 Å². The van der Waals surface area contributed by atoms with E-state index in [-0.39, 0.29) is 35.8 Å². The van der Waals surface area contributed by atoms with Crippen molar-refractivity contribution in [2.45, 2.75) is 26.3 Å². The molecule has 1 aliphatic heterocycles. The predicted molar refractivity (Wildman–Crippen MR) is 118 cm³/mol. The molecular formula is C23H23ClFN5O2. The fourth-order valence-corrected chi connectivity index (χ4v) is 3.93. The molecule has 1 fully saturated rings. The average Bonchev–Trinajstić information content (AvgIpc) is 3.29. The zero-order chi connectivity index (χ0) is 22.7. The SMILES string of the molecule is Cc1ccc(CNC(=O)C2CCN(C(=O)c3cn(-c4ccccc4Cl)nn3)CC2)cc1F. The number of rotatable bonds is 5. The van der Waals surface area contributed by atoms with E-state index in [1.165, 1.54) is 10.7 Å². The van der Waals surface area contributed by atoms with Gasteiger partial charge in [-0.1, -0.05) is 41.1 Å². The van der Waals surface area contributed by atoms with E-state index < -0.39 is 0 Å². The monoisotopic (exact) mass is 455 g/mol. The van der Waals surface area contributed by atoms with Gasteiger partial charge < -0.3 is 10.2 Å². The van der Waals surface area contributed by atoms with Gasteiger partial charge in [-0.15, -0.1) is 5.10 Å². The maximum absolute atomic E-state index is 13.7. The van der Waals surface area contributed by atoms with E-state index in [2.05, 4.69) is 15.6 Å². The minimum atomic E-state index is -0.282. The summed E-state index contributed by atoms with van der Waals surface area (Å²) in [5, 5.41) is 11.4. The largest absolute Gasteiger partial charge is 0.352 e. The number of benzene rings is 2. The van der Waals surface area contributed by atoms with Gasteiger partial charge in [0.1, 0.15) is 5.82 Å². The highest BCUT2D eigenvalue weighted by Gasteiger charge is 2.29. The molecule has 2 heterocycles. The number of aryl methyl sites for hydroxylation is 1. The van der Waals surface area contributed by atoms with Crippen molar-refractivity contribution in [2.75, 3.05) is 13.1 Å². The lowest BCUT2D eigenvalue weighted by atomic mass is 9.95. The molecule has 1 aliphatic rings. The molecule has 0 unspecified atom stereocenters. The van der Waals surface area contributed by atoms with E-state index >= 15 is 0 Å². The highest BCUT2D eigenvalue weighted by atomic mass is 35.5.